The first-order valence-electron chi connectivity index (χ1n) is 17.2. The highest BCUT2D eigenvalue weighted by Crippen LogP contribution is 2.55. The maximum atomic E-state index is 12.4. The van der Waals surface area contributed by atoms with Gasteiger partial charge in [-0.15, -0.1) is 22.7 Å². The van der Waals surface area contributed by atoms with Gasteiger partial charge in [0.1, 0.15) is 27.0 Å². The fraction of sp³-hybridized carbons (Fsp3) is 0.325. The number of anilines is 1. The molecule has 2 aromatic heterocycles. The van der Waals surface area contributed by atoms with E-state index in [1.54, 1.807) is 12.1 Å². The zero-order valence-electron chi connectivity index (χ0n) is 31.4. The van der Waals surface area contributed by atoms with E-state index in [1.807, 2.05) is 53.9 Å². The van der Waals surface area contributed by atoms with Crippen LogP contribution in [0.15, 0.2) is 44.8 Å². The lowest BCUT2D eigenvalue weighted by Crippen LogP contribution is -2.46. The van der Waals surface area contributed by atoms with Gasteiger partial charge in [-0.25, -0.2) is 4.58 Å². The van der Waals surface area contributed by atoms with Crippen molar-refractivity contribution in [3.05, 3.63) is 97.0 Å². The zero-order chi connectivity index (χ0) is 38.6. The molecule has 0 aliphatic carbocycles. The van der Waals surface area contributed by atoms with Gasteiger partial charge in [0.25, 0.3) is 0 Å². The molecular weight excluding hydrogens is 749 g/mol. The Balaban J connectivity index is 1.55. The SMILES string of the molecule is Cc1c(C)c(C)c(C2=c3cc4c(cc3Oc3cc5c(cc32)-c2sc(S(=O)(=O)O)cc2C(C)(C)N5C)=[N+](C)C(C)(C)c2cc(S(=O)(=O)O)sc2-4)c(C)c1C. The third kappa shape index (κ3) is 4.94. The highest BCUT2D eigenvalue weighted by atomic mass is 32.3. The molecule has 3 aliphatic rings. The first kappa shape index (κ1) is 36.1. The first-order chi connectivity index (χ1) is 24.5. The van der Waals surface area contributed by atoms with Crippen LogP contribution in [0.3, 0.4) is 0 Å². The number of fused-ring (bicyclic) bond motifs is 8. The van der Waals surface area contributed by atoms with Crippen molar-refractivity contribution < 1.29 is 30.7 Å². The van der Waals surface area contributed by atoms with Crippen molar-refractivity contribution >= 4 is 54.2 Å². The van der Waals surface area contributed by atoms with Crippen LogP contribution in [-0.2, 0) is 31.3 Å². The average Bonchev–Trinajstić information content (AvgIpc) is 3.75. The molecule has 53 heavy (non-hydrogen) atoms. The minimum atomic E-state index is -4.44. The molecule has 0 bridgehead atoms. The Labute approximate surface area is 318 Å². The summed E-state index contributed by atoms with van der Waals surface area (Å²) in [5.74, 6) is 1.31. The van der Waals surface area contributed by atoms with E-state index in [1.165, 1.54) is 16.7 Å². The van der Waals surface area contributed by atoms with Crippen LogP contribution in [0.1, 0.15) is 77.8 Å². The molecular formula is C40H41N2O7S4+. The largest absolute Gasteiger partial charge is 0.456 e. The van der Waals surface area contributed by atoms with E-state index in [-0.39, 0.29) is 8.42 Å². The topological polar surface area (TPSA) is 124 Å². The number of rotatable bonds is 3. The molecule has 5 heterocycles. The lowest BCUT2D eigenvalue weighted by Gasteiger charge is -2.43. The van der Waals surface area contributed by atoms with Crippen molar-refractivity contribution in [2.24, 2.45) is 0 Å². The van der Waals surface area contributed by atoms with Crippen LogP contribution in [0.25, 0.3) is 26.5 Å². The fourth-order valence-electron chi connectivity index (χ4n) is 8.29. The summed E-state index contributed by atoms with van der Waals surface area (Å²) in [5, 5.41) is 1.70. The van der Waals surface area contributed by atoms with E-state index in [0.717, 1.165) is 98.8 Å². The summed E-state index contributed by atoms with van der Waals surface area (Å²) in [5.41, 5.74) is 11.6. The molecule has 0 unspecified atom stereocenters. The molecule has 8 rings (SSSR count). The highest BCUT2D eigenvalue weighted by molar-refractivity contribution is 7.88. The number of benzene rings is 3. The molecule has 3 aromatic carbocycles. The molecule has 0 fully saturated rings. The molecule has 13 heteroatoms. The van der Waals surface area contributed by atoms with Crippen LogP contribution in [-0.4, -0.2) is 40.0 Å². The van der Waals surface area contributed by atoms with E-state index < -0.39 is 31.3 Å². The Morgan fingerprint density at radius 2 is 1.21 bits per heavy atom. The maximum Gasteiger partial charge on any atom is 0.304 e. The van der Waals surface area contributed by atoms with Crippen LogP contribution < -0.4 is 24.8 Å². The zero-order valence-corrected chi connectivity index (χ0v) is 34.7. The van der Waals surface area contributed by atoms with Crippen molar-refractivity contribution in [3.63, 3.8) is 0 Å². The quantitative estimate of drug-likeness (QED) is 0.139. The molecule has 0 atom stereocenters. The van der Waals surface area contributed by atoms with Gasteiger partial charge in [0.05, 0.1) is 22.0 Å². The Bertz CT molecular complexity index is 2870. The van der Waals surface area contributed by atoms with E-state index in [4.69, 9.17) is 4.74 Å². The third-order valence-corrected chi connectivity index (χ3v) is 17.3. The van der Waals surface area contributed by atoms with Crippen LogP contribution in [0.5, 0.6) is 11.5 Å². The number of ether oxygens (including phenoxy) is 1. The third-order valence-electron chi connectivity index (χ3n) is 12.3. The molecule has 276 valence electrons. The van der Waals surface area contributed by atoms with Crippen LogP contribution in [0.2, 0.25) is 0 Å². The van der Waals surface area contributed by atoms with E-state index in [0.29, 0.717) is 11.5 Å². The molecule has 0 spiro atoms. The van der Waals surface area contributed by atoms with Crippen LogP contribution in [0, 0.1) is 34.6 Å². The second kappa shape index (κ2) is 11.1. The fourth-order valence-corrected chi connectivity index (χ4v) is 12.3. The van der Waals surface area contributed by atoms with Crippen molar-refractivity contribution in [1.82, 2.24) is 4.58 Å². The smallest absolute Gasteiger partial charge is 0.304 e. The number of thiophene rings is 2. The van der Waals surface area contributed by atoms with Crippen molar-refractivity contribution in [1.29, 1.82) is 0 Å². The lowest BCUT2D eigenvalue weighted by molar-refractivity contribution is 0.367. The number of hydrogen-bond acceptors (Lipinski definition) is 8. The van der Waals surface area contributed by atoms with Crippen LogP contribution >= 0.6 is 22.7 Å². The summed E-state index contributed by atoms with van der Waals surface area (Å²) in [6.45, 7) is 18.8. The van der Waals surface area contributed by atoms with Gasteiger partial charge in [-0.3, -0.25) is 9.11 Å². The Morgan fingerprint density at radius 3 is 1.77 bits per heavy atom. The van der Waals surface area contributed by atoms with Gasteiger partial charge in [0, 0.05) is 65.0 Å². The van der Waals surface area contributed by atoms with Crippen molar-refractivity contribution in [3.8, 4) is 32.4 Å². The minimum Gasteiger partial charge on any atom is -0.456 e. The van der Waals surface area contributed by atoms with Gasteiger partial charge in [-0.1, -0.05) is 0 Å². The van der Waals surface area contributed by atoms with Crippen molar-refractivity contribution in [2.45, 2.75) is 81.8 Å². The summed E-state index contributed by atoms with van der Waals surface area (Å²) in [6.07, 6.45) is 0. The normalized spacial score (nSPS) is 16.7. The standard InChI is InChI=1S/C40H40N2O7S4/c1-18-19(2)21(4)35(22(5)20(18)3)36-25-12-23-29(41(10)39(6,7)27-14-33(50-37(23)27)52(43,44)45)16-31(25)49-32-17-30-24(13-26(32)36)38-28(40(8,9)42(30)11)15-34(51-38)53(46,47)48/h12-17H,1-11H3,(H-,43,44,45,46,47,48)/p+1. The second-order valence-corrected chi connectivity index (χ2v) is 20.9. The van der Waals surface area contributed by atoms with E-state index >= 15 is 0 Å². The molecule has 0 saturated heterocycles. The van der Waals surface area contributed by atoms with Crippen molar-refractivity contribution in [2.75, 3.05) is 19.0 Å². The lowest BCUT2D eigenvalue weighted by atomic mass is 9.80. The molecule has 0 saturated carbocycles. The Kier molecular flexibility index (Phi) is 7.58. The number of hydrogen-bond donors (Lipinski definition) is 2. The average molecular weight is 790 g/mol. The van der Waals surface area contributed by atoms with Gasteiger partial charge in [-0.05, 0) is 112 Å². The summed E-state index contributed by atoms with van der Waals surface area (Å²) in [4.78, 5) is 3.65. The molecule has 0 amide bonds. The second-order valence-electron chi connectivity index (χ2n) is 15.5. The predicted octanol–water partition coefficient (Wildman–Crippen LogP) is 7.59. The van der Waals surface area contributed by atoms with E-state index in [2.05, 4.69) is 56.2 Å². The Morgan fingerprint density at radius 1 is 0.679 bits per heavy atom. The summed E-state index contributed by atoms with van der Waals surface area (Å²) >= 11 is 2.13. The predicted molar refractivity (Wildman–Crippen MR) is 212 cm³/mol. The molecule has 0 radical (unpaired) electrons. The molecule has 3 aliphatic heterocycles. The van der Waals surface area contributed by atoms with Gasteiger partial charge < -0.3 is 9.64 Å². The summed E-state index contributed by atoms with van der Waals surface area (Å²) in [6, 6.07) is 11.4. The maximum absolute atomic E-state index is 12.4. The van der Waals surface area contributed by atoms with Gasteiger partial charge in [-0.2, -0.15) is 16.8 Å². The first-order valence-corrected chi connectivity index (χ1v) is 21.7. The summed E-state index contributed by atoms with van der Waals surface area (Å²) < 4.78 is 78.8. The number of nitrogens with zero attached hydrogens (tertiary/aromatic N) is 2. The minimum absolute atomic E-state index is 0.105. The van der Waals surface area contributed by atoms with E-state index in [9.17, 15) is 25.9 Å². The van der Waals surface area contributed by atoms with Gasteiger partial charge in [0.2, 0.25) is 5.36 Å². The molecule has 2 N–H and O–H groups in total. The highest BCUT2D eigenvalue weighted by Gasteiger charge is 2.43. The monoisotopic (exact) mass is 789 g/mol. The molecule has 9 nitrogen and oxygen atoms in total. The van der Waals surface area contributed by atoms with Crippen LogP contribution in [0.4, 0.5) is 5.69 Å². The van der Waals surface area contributed by atoms with Gasteiger partial charge >= 0.3 is 20.2 Å². The summed E-state index contributed by atoms with van der Waals surface area (Å²) in [7, 11) is -4.93. The van der Waals surface area contributed by atoms with Gasteiger partial charge in [0.15, 0.2) is 5.54 Å². The molecule has 5 aromatic rings. The Hall–Kier alpha value is -3.85.